The standard InChI is InChI=1S/C6H13NO.ClH/c7-5-3-1-2-4-6-8;/h2,4,8H,1,3,5-7H2;1H/b4-2+;. The van der Waals surface area contributed by atoms with Gasteiger partial charge in [0.25, 0.3) is 0 Å². The minimum Gasteiger partial charge on any atom is -0.392 e. The Kier molecular flexibility index (Phi) is 14.1. The van der Waals surface area contributed by atoms with Crippen molar-refractivity contribution in [3.63, 3.8) is 0 Å². The average Bonchev–Trinajstić information content (AvgIpc) is 1.81. The quantitative estimate of drug-likeness (QED) is 0.459. The molecule has 0 saturated carbocycles. The molecule has 0 atom stereocenters. The van der Waals surface area contributed by atoms with E-state index in [-0.39, 0.29) is 19.0 Å². The Morgan fingerprint density at radius 1 is 1.33 bits per heavy atom. The number of nitrogens with two attached hydrogens (primary N) is 1. The highest BCUT2D eigenvalue weighted by molar-refractivity contribution is 5.85. The van der Waals surface area contributed by atoms with Crippen molar-refractivity contribution in [2.75, 3.05) is 13.2 Å². The number of aliphatic hydroxyl groups excluding tert-OH is 1. The number of hydrogen-bond acceptors (Lipinski definition) is 2. The summed E-state index contributed by atoms with van der Waals surface area (Å²) in [6.45, 7) is 0.875. The zero-order chi connectivity index (χ0) is 6.24. The molecule has 0 aliphatic heterocycles. The smallest absolute Gasteiger partial charge is 0.0612 e. The van der Waals surface area contributed by atoms with Crippen LogP contribution in [0.5, 0.6) is 0 Å². The van der Waals surface area contributed by atoms with E-state index in [1.807, 2.05) is 6.08 Å². The second kappa shape index (κ2) is 10.8. The minimum absolute atomic E-state index is 0. The first-order chi connectivity index (χ1) is 3.91. The third kappa shape index (κ3) is 11.5. The van der Waals surface area contributed by atoms with Crippen LogP contribution in [0.3, 0.4) is 0 Å². The van der Waals surface area contributed by atoms with Gasteiger partial charge in [-0.2, -0.15) is 0 Å². The molecule has 0 aromatic carbocycles. The highest BCUT2D eigenvalue weighted by Crippen LogP contribution is 1.85. The highest BCUT2D eigenvalue weighted by Gasteiger charge is 1.74. The fourth-order valence-electron chi connectivity index (χ4n) is 0.428. The van der Waals surface area contributed by atoms with Crippen LogP contribution in [0.1, 0.15) is 12.8 Å². The average molecular weight is 152 g/mol. The lowest BCUT2D eigenvalue weighted by atomic mass is 10.3. The van der Waals surface area contributed by atoms with E-state index in [1.54, 1.807) is 6.08 Å². The van der Waals surface area contributed by atoms with Crippen LogP contribution in [-0.4, -0.2) is 18.3 Å². The molecule has 0 aromatic heterocycles. The van der Waals surface area contributed by atoms with Gasteiger partial charge in [0.2, 0.25) is 0 Å². The van der Waals surface area contributed by atoms with Gasteiger partial charge >= 0.3 is 0 Å². The first-order valence-electron chi connectivity index (χ1n) is 2.87. The zero-order valence-electron chi connectivity index (χ0n) is 5.42. The molecule has 0 amide bonds. The summed E-state index contributed by atoms with van der Waals surface area (Å²) >= 11 is 0. The van der Waals surface area contributed by atoms with Crippen molar-refractivity contribution >= 4 is 12.4 Å². The lowest BCUT2D eigenvalue weighted by Crippen LogP contribution is -1.96. The lowest BCUT2D eigenvalue weighted by molar-refractivity contribution is 0.342. The van der Waals surface area contributed by atoms with Crippen molar-refractivity contribution in [2.45, 2.75) is 12.8 Å². The number of allylic oxidation sites excluding steroid dienone is 1. The molecular formula is C6H14ClNO. The number of aliphatic hydroxyl groups is 1. The maximum Gasteiger partial charge on any atom is 0.0612 e. The van der Waals surface area contributed by atoms with Gasteiger partial charge in [0.1, 0.15) is 0 Å². The van der Waals surface area contributed by atoms with E-state index in [0.717, 1.165) is 19.4 Å². The van der Waals surface area contributed by atoms with Crippen LogP contribution >= 0.6 is 12.4 Å². The summed E-state index contributed by atoms with van der Waals surface area (Å²) in [5.41, 5.74) is 5.21. The van der Waals surface area contributed by atoms with E-state index in [2.05, 4.69) is 0 Å². The molecule has 2 nitrogen and oxygen atoms in total. The van der Waals surface area contributed by atoms with Crippen molar-refractivity contribution in [1.29, 1.82) is 0 Å². The van der Waals surface area contributed by atoms with Crippen LogP contribution in [0, 0.1) is 0 Å². The molecule has 0 heterocycles. The van der Waals surface area contributed by atoms with E-state index in [9.17, 15) is 0 Å². The van der Waals surface area contributed by atoms with Crippen molar-refractivity contribution in [1.82, 2.24) is 0 Å². The minimum atomic E-state index is 0. The summed E-state index contributed by atoms with van der Waals surface area (Å²) in [7, 11) is 0. The molecule has 9 heavy (non-hydrogen) atoms. The second-order valence-corrected chi connectivity index (χ2v) is 1.58. The van der Waals surface area contributed by atoms with Crippen LogP contribution < -0.4 is 5.73 Å². The molecule has 0 bridgehead atoms. The summed E-state index contributed by atoms with van der Waals surface area (Å²) < 4.78 is 0. The van der Waals surface area contributed by atoms with Gasteiger partial charge in [-0.1, -0.05) is 12.2 Å². The van der Waals surface area contributed by atoms with E-state index < -0.39 is 0 Å². The third-order valence-electron chi connectivity index (χ3n) is 0.847. The normalized spacial score (nSPS) is 9.56. The molecule has 0 spiro atoms. The van der Waals surface area contributed by atoms with Crippen molar-refractivity contribution in [3.05, 3.63) is 12.2 Å². The van der Waals surface area contributed by atoms with Crippen LogP contribution in [-0.2, 0) is 0 Å². The molecule has 0 aromatic rings. The Balaban J connectivity index is 0. The third-order valence-corrected chi connectivity index (χ3v) is 0.847. The predicted octanol–water partition coefficient (Wildman–Crippen LogP) is 0.696. The van der Waals surface area contributed by atoms with Crippen molar-refractivity contribution in [2.24, 2.45) is 5.73 Å². The maximum atomic E-state index is 8.25. The molecule has 0 saturated heterocycles. The SMILES string of the molecule is Cl.NCCC/C=C/CO. The van der Waals surface area contributed by atoms with Gasteiger partial charge in [0, 0.05) is 0 Å². The largest absolute Gasteiger partial charge is 0.392 e. The van der Waals surface area contributed by atoms with Gasteiger partial charge < -0.3 is 10.8 Å². The second-order valence-electron chi connectivity index (χ2n) is 1.58. The van der Waals surface area contributed by atoms with E-state index in [0.29, 0.717) is 0 Å². The molecule has 3 heteroatoms. The van der Waals surface area contributed by atoms with Gasteiger partial charge in [-0.3, -0.25) is 0 Å². The number of halogens is 1. The Hall–Kier alpha value is -0.0500. The van der Waals surface area contributed by atoms with Crippen LogP contribution in [0.25, 0.3) is 0 Å². The highest BCUT2D eigenvalue weighted by atomic mass is 35.5. The molecule has 0 aliphatic carbocycles. The van der Waals surface area contributed by atoms with Crippen LogP contribution in [0.2, 0.25) is 0 Å². The molecule has 0 radical (unpaired) electrons. The molecule has 56 valence electrons. The Labute approximate surface area is 62.2 Å². The van der Waals surface area contributed by atoms with Crippen LogP contribution in [0.4, 0.5) is 0 Å². The summed E-state index contributed by atoms with van der Waals surface area (Å²) in [5.74, 6) is 0. The lowest BCUT2D eigenvalue weighted by Gasteiger charge is -1.85. The summed E-state index contributed by atoms with van der Waals surface area (Å²) in [6.07, 6.45) is 5.66. The molecule has 0 fully saturated rings. The number of rotatable bonds is 4. The Morgan fingerprint density at radius 2 is 2.00 bits per heavy atom. The Bertz CT molecular complexity index is 66.1. The fourth-order valence-corrected chi connectivity index (χ4v) is 0.428. The molecule has 3 N–H and O–H groups in total. The van der Waals surface area contributed by atoms with Crippen LogP contribution in [0.15, 0.2) is 12.2 Å². The molecule has 0 rings (SSSR count). The molecular weight excluding hydrogens is 138 g/mol. The first-order valence-corrected chi connectivity index (χ1v) is 2.87. The predicted molar refractivity (Wildman–Crippen MR) is 41.8 cm³/mol. The summed E-state index contributed by atoms with van der Waals surface area (Å²) in [6, 6.07) is 0. The van der Waals surface area contributed by atoms with Crippen molar-refractivity contribution < 1.29 is 5.11 Å². The van der Waals surface area contributed by atoms with Gasteiger partial charge in [-0.05, 0) is 19.4 Å². The van der Waals surface area contributed by atoms with E-state index in [1.165, 1.54) is 0 Å². The summed E-state index contributed by atoms with van der Waals surface area (Å²) in [5, 5.41) is 8.25. The van der Waals surface area contributed by atoms with Gasteiger partial charge in [-0.25, -0.2) is 0 Å². The fraction of sp³-hybridized carbons (Fsp3) is 0.667. The zero-order valence-corrected chi connectivity index (χ0v) is 6.23. The number of unbranched alkanes of at least 4 members (excludes halogenated alkanes) is 1. The van der Waals surface area contributed by atoms with Gasteiger partial charge in [-0.15, -0.1) is 12.4 Å². The topological polar surface area (TPSA) is 46.2 Å². The maximum absolute atomic E-state index is 8.25. The summed E-state index contributed by atoms with van der Waals surface area (Å²) in [4.78, 5) is 0. The van der Waals surface area contributed by atoms with Gasteiger partial charge in [0.15, 0.2) is 0 Å². The van der Waals surface area contributed by atoms with Crippen molar-refractivity contribution in [3.8, 4) is 0 Å². The number of hydrogen-bond donors (Lipinski definition) is 2. The van der Waals surface area contributed by atoms with E-state index >= 15 is 0 Å². The van der Waals surface area contributed by atoms with Gasteiger partial charge in [0.05, 0.1) is 6.61 Å². The molecule has 0 unspecified atom stereocenters. The first kappa shape index (κ1) is 11.7. The monoisotopic (exact) mass is 151 g/mol. The van der Waals surface area contributed by atoms with E-state index in [4.69, 9.17) is 10.8 Å². The molecule has 0 aliphatic rings. The Morgan fingerprint density at radius 3 is 2.44 bits per heavy atom.